The van der Waals surface area contributed by atoms with Gasteiger partial charge in [-0.05, 0) is 43.0 Å². The highest BCUT2D eigenvalue weighted by Gasteiger charge is 2.43. The molecule has 166 valence electrons. The number of nitrogens with zero attached hydrogens (tertiary/aromatic N) is 4. The number of hydrogen-bond donors (Lipinski definition) is 1. The molecule has 1 N–H and O–H groups in total. The molecule has 32 heavy (non-hydrogen) atoms. The van der Waals surface area contributed by atoms with Gasteiger partial charge >= 0.3 is 12.1 Å². The smallest absolute Gasteiger partial charge is 0.410 e. The lowest BCUT2D eigenvalue weighted by atomic mass is 9.97. The topological polar surface area (TPSA) is 101 Å². The number of benzene rings is 1. The van der Waals surface area contributed by atoms with Gasteiger partial charge < -0.3 is 24.3 Å². The molecule has 2 fully saturated rings. The lowest BCUT2D eigenvalue weighted by molar-refractivity contribution is 0.0600. The third-order valence-electron chi connectivity index (χ3n) is 6.36. The van der Waals surface area contributed by atoms with Gasteiger partial charge in [0.15, 0.2) is 0 Å². The van der Waals surface area contributed by atoms with Crippen molar-refractivity contribution in [1.82, 2.24) is 19.9 Å². The van der Waals surface area contributed by atoms with Gasteiger partial charge in [-0.15, -0.1) is 0 Å². The van der Waals surface area contributed by atoms with E-state index in [1.807, 2.05) is 23.2 Å². The number of carbonyl (C=O) groups is 2. The number of rotatable bonds is 4. The summed E-state index contributed by atoms with van der Waals surface area (Å²) < 4.78 is 10.4. The number of hydrogen-bond acceptors (Lipinski definition) is 7. The van der Waals surface area contributed by atoms with Gasteiger partial charge in [-0.1, -0.05) is 12.1 Å². The summed E-state index contributed by atoms with van der Waals surface area (Å²) in [6.07, 6.45) is 5.92. The molecule has 0 unspecified atom stereocenters. The first kappa shape index (κ1) is 20.3. The highest BCUT2D eigenvalue weighted by molar-refractivity contribution is 5.89. The van der Waals surface area contributed by atoms with Gasteiger partial charge in [0.1, 0.15) is 24.4 Å². The Balaban J connectivity index is 1.28. The van der Waals surface area contributed by atoms with Crippen LogP contribution in [0.5, 0.6) is 0 Å². The molecule has 5 rings (SSSR count). The number of nitrogens with one attached hydrogen (secondary N) is 1. The Kier molecular flexibility index (Phi) is 5.38. The normalized spacial score (nSPS) is 20.3. The van der Waals surface area contributed by atoms with Crippen LogP contribution >= 0.6 is 0 Å². The van der Waals surface area contributed by atoms with E-state index in [1.54, 1.807) is 24.5 Å². The van der Waals surface area contributed by atoms with Gasteiger partial charge in [-0.3, -0.25) is 0 Å². The molecule has 1 amide bonds. The van der Waals surface area contributed by atoms with E-state index in [0.29, 0.717) is 12.1 Å². The van der Waals surface area contributed by atoms with E-state index in [4.69, 9.17) is 9.47 Å². The molecule has 3 aromatic rings. The number of aromatic nitrogens is 3. The minimum Gasteiger partial charge on any atom is -0.465 e. The number of aromatic amines is 1. The molecule has 0 radical (unpaired) electrons. The Hall–Kier alpha value is -3.62. The predicted molar refractivity (Wildman–Crippen MR) is 117 cm³/mol. The number of ether oxygens (including phenoxy) is 2. The Labute approximate surface area is 185 Å². The van der Waals surface area contributed by atoms with Crippen molar-refractivity contribution >= 4 is 28.9 Å². The molecule has 9 heteroatoms. The fraction of sp³-hybridized carbons (Fsp3) is 0.391. The summed E-state index contributed by atoms with van der Waals surface area (Å²) in [4.78, 5) is 40.8. The van der Waals surface area contributed by atoms with Gasteiger partial charge in [0.2, 0.25) is 0 Å². The van der Waals surface area contributed by atoms with Crippen molar-refractivity contribution in [3.63, 3.8) is 0 Å². The molecule has 2 aliphatic rings. The van der Waals surface area contributed by atoms with Crippen molar-refractivity contribution in [3.8, 4) is 0 Å². The molecule has 2 aliphatic heterocycles. The summed E-state index contributed by atoms with van der Waals surface area (Å²) in [5.41, 5.74) is 2.00. The number of anilines is 1. The molecule has 9 nitrogen and oxygen atoms in total. The Morgan fingerprint density at radius 1 is 1.16 bits per heavy atom. The third-order valence-corrected chi connectivity index (χ3v) is 6.36. The molecule has 2 saturated heterocycles. The fourth-order valence-electron chi connectivity index (χ4n) is 4.90. The lowest BCUT2D eigenvalue weighted by Gasteiger charge is -2.39. The minimum atomic E-state index is -0.413. The average molecular weight is 435 g/mol. The van der Waals surface area contributed by atoms with Crippen molar-refractivity contribution in [2.75, 3.05) is 25.1 Å². The zero-order valence-electron chi connectivity index (χ0n) is 17.9. The second-order valence-corrected chi connectivity index (χ2v) is 8.14. The van der Waals surface area contributed by atoms with Crippen LogP contribution in [-0.2, 0) is 16.1 Å². The third kappa shape index (κ3) is 3.63. The first-order chi connectivity index (χ1) is 15.7. The van der Waals surface area contributed by atoms with Gasteiger partial charge in [-0.2, -0.15) is 0 Å². The maximum atomic E-state index is 13.0. The zero-order chi connectivity index (χ0) is 22.1. The molecule has 0 spiro atoms. The summed E-state index contributed by atoms with van der Waals surface area (Å²) in [6, 6.07) is 9.22. The maximum absolute atomic E-state index is 13.0. The van der Waals surface area contributed by atoms with Crippen LogP contribution < -0.4 is 4.90 Å². The van der Waals surface area contributed by atoms with Crippen LogP contribution in [0.1, 0.15) is 35.2 Å². The van der Waals surface area contributed by atoms with Crippen LogP contribution in [0.3, 0.4) is 0 Å². The van der Waals surface area contributed by atoms with E-state index in [0.717, 1.165) is 48.2 Å². The average Bonchev–Trinajstić information content (AvgIpc) is 3.49. The van der Waals surface area contributed by atoms with Crippen molar-refractivity contribution in [2.24, 2.45) is 0 Å². The maximum Gasteiger partial charge on any atom is 0.410 e. The van der Waals surface area contributed by atoms with Crippen molar-refractivity contribution < 1.29 is 19.1 Å². The lowest BCUT2D eigenvalue weighted by Crippen LogP contribution is -2.52. The van der Waals surface area contributed by atoms with Gasteiger partial charge in [0, 0.05) is 19.3 Å². The zero-order valence-corrected chi connectivity index (χ0v) is 17.9. The van der Waals surface area contributed by atoms with E-state index < -0.39 is 5.97 Å². The molecular formula is C23H25N5O4. The van der Waals surface area contributed by atoms with Crippen LogP contribution in [0.2, 0.25) is 0 Å². The van der Waals surface area contributed by atoms with Crippen molar-refractivity contribution in [1.29, 1.82) is 0 Å². The summed E-state index contributed by atoms with van der Waals surface area (Å²) >= 11 is 0. The van der Waals surface area contributed by atoms with Crippen LogP contribution in [-0.4, -0.2) is 64.2 Å². The van der Waals surface area contributed by atoms with E-state index in [9.17, 15) is 9.59 Å². The number of H-pyrrole nitrogens is 1. The molecule has 0 bridgehead atoms. The van der Waals surface area contributed by atoms with Crippen LogP contribution in [0.4, 0.5) is 10.6 Å². The number of amides is 1. The van der Waals surface area contributed by atoms with Gasteiger partial charge in [0.05, 0.1) is 30.1 Å². The number of fused-ring (bicyclic) bond motifs is 2. The van der Waals surface area contributed by atoms with Gasteiger partial charge in [-0.25, -0.2) is 19.6 Å². The summed E-state index contributed by atoms with van der Waals surface area (Å²) in [5, 5.41) is 0.998. The fourth-order valence-corrected chi connectivity index (χ4v) is 4.90. The Bertz CT molecular complexity index is 1150. The second-order valence-electron chi connectivity index (χ2n) is 8.14. The monoisotopic (exact) mass is 435 g/mol. The van der Waals surface area contributed by atoms with E-state index in [1.165, 1.54) is 7.11 Å². The Morgan fingerprint density at radius 3 is 2.94 bits per heavy atom. The molecule has 0 saturated carbocycles. The number of esters is 1. The number of piperidine rings is 1. The highest BCUT2D eigenvalue weighted by Crippen LogP contribution is 2.36. The summed E-state index contributed by atoms with van der Waals surface area (Å²) in [5.74, 6) is 0.503. The SMILES string of the molecule is COC(=O)c1cccc(COC(=O)N2CCC[C@@H]3[C@H]2CCN3c2ncnc3[nH]ccc23)c1. The summed E-state index contributed by atoms with van der Waals surface area (Å²) in [6.45, 7) is 1.62. The minimum absolute atomic E-state index is 0.0848. The molecular weight excluding hydrogens is 410 g/mol. The number of likely N-dealkylation sites (tertiary alicyclic amines) is 1. The van der Waals surface area contributed by atoms with Gasteiger partial charge in [0.25, 0.3) is 0 Å². The predicted octanol–water partition coefficient (Wildman–Crippen LogP) is 3.12. The standard InChI is InChI=1S/C23H25N5O4/c1-31-22(29)16-5-2-4-15(12-16)13-32-23(30)28-10-3-6-18-19(28)8-11-27(18)21-17-7-9-24-20(17)25-14-26-21/h2,4-5,7,9,12,14,18-19H,3,6,8,10-11,13H2,1H3,(H,24,25,26)/t18-,19-/m1/s1. The number of methoxy groups -OCH3 is 1. The van der Waals surface area contributed by atoms with Crippen molar-refractivity contribution in [3.05, 3.63) is 54.0 Å². The molecule has 2 aromatic heterocycles. The van der Waals surface area contributed by atoms with E-state index in [-0.39, 0.29) is 24.8 Å². The second kappa shape index (κ2) is 8.49. The Morgan fingerprint density at radius 2 is 2.06 bits per heavy atom. The molecule has 2 atom stereocenters. The highest BCUT2D eigenvalue weighted by atomic mass is 16.6. The molecule has 4 heterocycles. The molecule has 1 aromatic carbocycles. The number of carbonyl (C=O) groups excluding carboxylic acids is 2. The van der Waals surface area contributed by atoms with Crippen LogP contribution in [0.25, 0.3) is 11.0 Å². The van der Waals surface area contributed by atoms with Crippen LogP contribution in [0, 0.1) is 0 Å². The van der Waals surface area contributed by atoms with Crippen LogP contribution in [0.15, 0.2) is 42.9 Å². The first-order valence-corrected chi connectivity index (χ1v) is 10.8. The quantitative estimate of drug-likeness (QED) is 0.629. The largest absolute Gasteiger partial charge is 0.465 e. The molecule has 0 aliphatic carbocycles. The first-order valence-electron chi connectivity index (χ1n) is 10.8. The van der Waals surface area contributed by atoms with Crippen molar-refractivity contribution in [2.45, 2.75) is 38.0 Å². The van der Waals surface area contributed by atoms with E-state index >= 15 is 0 Å². The van der Waals surface area contributed by atoms with E-state index in [2.05, 4.69) is 19.9 Å². The summed E-state index contributed by atoms with van der Waals surface area (Å²) in [7, 11) is 1.34.